The van der Waals surface area contributed by atoms with Gasteiger partial charge in [-0.2, -0.15) is 0 Å². The first kappa shape index (κ1) is 21.5. The lowest BCUT2D eigenvalue weighted by Gasteiger charge is -2.49. The van der Waals surface area contributed by atoms with Gasteiger partial charge in [-0.3, -0.25) is 19.3 Å². The molecule has 2 heterocycles. The van der Waals surface area contributed by atoms with E-state index in [-0.39, 0.29) is 5.91 Å². The molecule has 1 fully saturated rings. The van der Waals surface area contributed by atoms with Gasteiger partial charge >= 0.3 is 0 Å². The first-order valence-corrected chi connectivity index (χ1v) is 11.1. The van der Waals surface area contributed by atoms with Crippen molar-refractivity contribution in [2.24, 2.45) is 0 Å². The molecular weight excluding hydrogens is 463 g/mol. The quantitative estimate of drug-likeness (QED) is 0.374. The van der Waals surface area contributed by atoms with Crippen LogP contribution in [0.15, 0.2) is 66.7 Å². The molecule has 0 aromatic heterocycles. The molecule has 0 saturated carbocycles. The number of β-lactam (4-membered cyclic amide) rings is 1. The van der Waals surface area contributed by atoms with Gasteiger partial charge < -0.3 is 9.64 Å². The Morgan fingerprint density at radius 1 is 0.788 bits per heavy atom. The average molecular weight is 481 g/mol. The second-order valence-electron chi connectivity index (χ2n) is 7.75. The Balaban J connectivity index is 1.58. The fourth-order valence-corrected chi connectivity index (χ4v) is 4.93. The Morgan fingerprint density at radius 2 is 1.36 bits per heavy atom. The van der Waals surface area contributed by atoms with Crippen molar-refractivity contribution in [2.75, 3.05) is 11.5 Å². The number of hydrogen-bond acceptors (Lipinski definition) is 4. The number of anilines is 1. The average Bonchev–Trinajstić information content (AvgIpc) is 3.03. The summed E-state index contributed by atoms with van der Waals surface area (Å²) < 4.78 is 5.53. The van der Waals surface area contributed by atoms with Gasteiger partial charge in [0.05, 0.1) is 23.8 Å². The van der Waals surface area contributed by atoms with Crippen LogP contribution in [0.25, 0.3) is 0 Å². The highest BCUT2D eigenvalue weighted by Gasteiger charge is 2.57. The van der Waals surface area contributed by atoms with E-state index in [1.54, 1.807) is 54.6 Å². The fourth-order valence-electron chi connectivity index (χ4n) is 4.41. The molecule has 3 aromatic rings. The fraction of sp³-hybridized carbons (Fsp3) is 0.160. The Bertz CT molecular complexity index is 1240. The summed E-state index contributed by atoms with van der Waals surface area (Å²) in [5.74, 6) is -0.661. The van der Waals surface area contributed by atoms with E-state index in [1.807, 2.05) is 19.1 Å². The number of hydrogen-bond donors (Lipinski definition) is 0. The van der Waals surface area contributed by atoms with Crippen LogP contribution in [0.1, 0.15) is 39.2 Å². The van der Waals surface area contributed by atoms with E-state index in [2.05, 4.69) is 0 Å². The van der Waals surface area contributed by atoms with Crippen LogP contribution in [-0.2, 0) is 4.79 Å². The van der Waals surface area contributed by atoms with Crippen LogP contribution in [-0.4, -0.2) is 35.3 Å². The van der Waals surface area contributed by atoms with Gasteiger partial charge in [-0.15, -0.1) is 0 Å². The minimum absolute atomic E-state index is 0.296. The van der Waals surface area contributed by atoms with Crippen LogP contribution in [0.4, 0.5) is 5.69 Å². The van der Waals surface area contributed by atoms with Crippen LogP contribution in [0, 0.1) is 0 Å². The van der Waals surface area contributed by atoms with Crippen LogP contribution >= 0.6 is 23.2 Å². The van der Waals surface area contributed by atoms with Gasteiger partial charge in [0.25, 0.3) is 17.7 Å². The third kappa shape index (κ3) is 3.46. The number of rotatable bonds is 5. The number of amides is 3. The van der Waals surface area contributed by atoms with Crippen molar-refractivity contribution in [2.45, 2.75) is 19.0 Å². The van der Waals surface area contributed by atoms with Crippen LogP contribution in [0.2, 0.25) is 10.0 Å². The van der Waals surface area contributed by atoms with Gasteiger partial charge in [0.1, 0.15) is 11.8 Å². The van der Waals surface area contributed by atoms with Crippen LogP contribution < -0.4 is 9.64 Å². The largest absolute Gasteiger partial charge is 0.494 e. The first-order chi connectivity index (χ1) is 15.9. The lowest BCUT2D eigenvalue weighted by Crippen LogP contribution is -2.67. The van der Waals surface area contributed by atoms with Crippen molar-refractivity contribution in [1.82, 2.24) is 4.90 Å². The molecule has 0 spiro atoms. The molecule has 3 aromatic carbocycles. The Hall–Kier alpha value is -3.35. The maximum absolute atomic E-state index is 13.4. The van der Waals surface area contributed by atoms with E-state index in [1.165, 1.54) is 4.90 Å². The molecule has 2 aliphatic rings. The van der Waals surface area contributed by atoms with Gasteiger partial charge in [0, 0.05) is 15.7 Å². The lowest BCUT2D eigenvalue weighted by atomic mass is 9.86. The van der Waals surface area contributed by atoms with Crippen molar-refractivity contribution < 1.29 is 19.1 Å². The summed E-state index contributed by atoms with van der Waals surface area (Å²) in [4.78, 5) is 42.3. The minimum Gasteiger partial charge on any atom is -0.494 e. The molecular formula is C25H18Cl2N2O4. The SMILES string of the molecule is CCOc1ccc([C@H]2[C@@H](N3C(=O)c4ccccc4C3=O)C(=O)N2c2cc(Cl)cc(Cl)c2)cc1. The lowest BCUT2D eigenvalue weighted by molar-refractivity contribution is -0.130. The van der Waals surface area contributed by atoms with Crippen molar-refractivity contribution in [3.05, 3.63) is 93.5 Å². The van der Waals surface area contributed by atoms with E-state index >= 15 is 0 Å². The summed E-state index contributed by atoms with van der Waals surface area (Å²) in [5, 5.41) is 0.750. The number of carbonyl (C=O) groups is 3. The predicted octanol–water partition coefficient (Wildman–Crippen LogP) is 5.14. The molecule has 6 nitrogen and oxygen atoms in total. The van der Waals surface area contributed by atoms with Crippen molar-refractivity contribution in [3.8, 4) is 5.75 Å². The van der Waals surface area contributed by atoms with Crippen molar-refractivity contribution in [1.29, 1.82) is 0 Å². The van der Waals surface area contributed by atoms with Crippen molar-refractivity contribution >= 4 is 46.6 Å². The molecule has 1 saturated heterocycles. The van der Waals surface area contributed by atoms with Crippen LogP contribution in [0.5, 0.6) is 5.75 Å². The second kappa shape index (κ2) is 8.21. The van der Waals surface area contributed by atoms with E-state index in [4.69, 9.17) is 27.9 Å². The normalized spacial score (nSPS) is 19.5. The molecule has 0 bridgehead atoms. The molecule has 0 aliphatic carbocycles. The van der Waals surface area contributed by atoms with Gasteiger partial charge in [-0.1, -0.05) is 47.5 Å². The van der Waals surface area contributed by atoms with Gasteiger partial charge in [-0.05, 0) is 55.0 Å². The van der Waals surface area contributed by atoms with Crippen molar-refractivity contribution in [3.63, 3.8) is 0 Å². The van der Waals surface area contributed by atoms with E-state index in [0.717, 1.165) is 10.5 Å². The number of benzene rings is 3. The number of nitrogens with zero attached hydrogens (tertiary/aromatic N) is 2. The summed E-state index contributed by atoms with van der Waals surface area (Å²) in [5.41, 5.74) is 1.83. The third-order valence-corrected chi connectivity index (χ3v) is 6.27. The number of fused-ring (bicyclic) bond motifs is 1. The number of ether oxygens (including phenoxy) is 1. The molecule has 0 radical (unpaired) electrons. The monoisotopic (exact) mass is 480 g/mol. The maximum atomic E-state index is 13.4. The van der Waals surface area contributed by atoms with E-state index < -0.39 is 23.9 Å². The van der Waals surface area contributed by atoms with Gasteiger partial charge in [0.2, 0.25) is 0 Å². The zero-order chi connectivity index (χ0) is 23.3. The molecule has 33 heavy (non-hydrogen) atoms. The smallest absolute Gasteiger partial charge is 0.262 e. The molecule has 5 rings (SSSR count). The minimum atomic E-state index is -0.992. The zero-order valence-corrected chi connectivity index (χ0v) is 19.0. The molecule has 3 amide bonds. The third-order valence-electron chi connectivity index (χ3n) is 5.83. The number of halogens is 2. The number of imide groups is 1. The van der Waals surface area contributed by atoms with Gasteiger partial charge in [-0.25, -0.2) is 0 Å². The van der Waals surface area contributed by atoms with E-state index in [9.17, 15) is 14.4 Å². The second-order valence-corrected chi connectivity index (χ2v) is 8.63. The summed E-state index contributed by atoms with van der Waals surface area (Å²) in [6.45, 7) is 2.41. The molecule has 166 valence electrons. The number of carbonyl (C=O) groups excluding carboxylic acids is 3. The standard InChI is InChI=1S/C25H18Cl2N2O4/c1-2-33-18-9-7-14(8-10-18)21-22(25(32)28(21)17-12-15(26)11-16(27)13-17)29-23(30)19-5-3-4-6-20(19)24(29)31/h3-13,21-22H,2H2,1H3/t21-,22+/m0/s1. The highest BCUT2D eigenvalue weighted by molar-refractivity contribution is 6.35. The first-order valence-electron chi connectivity index (χ1n) is 10.4. The zero-order valence-electron chi connectivity index (χ0n) is 17.5. The van der Waals surface area contributed by atoms with Crippen LogP contribution in [0.3, 0.4) is 0 Å². The molecule has 2 aliphatic heterocycles. The summed E-state index contributed by atoms with van der Waals surface area (Å²) >= 11 is 12.4. The highest BCUT2D eigenvalue weighted by Crippen LogP contribution is 2.45. The Labute approximate surface area is 200 Å². The summed E-state index contributed by atoms with van der Waals surface area (Å²) in [7, 11) is 0. The topological polar surface area (TPSA) is 66.9 Å². The molecule has 8 heteroatoms. The molecule has 0 N–H and O–H groups in total. The summed E-state index contributed by atoms with van der Waals surface area (Å²) in [6, 6.07) is 17.1. The van der Waals surface area contributed by atoms with E-state index in [0.29, 0.717) is 39.2 Å². The Kier molecular flexibility index (Phi) is 5.35. The predicted molar refractivity (Wildman–Crippen MR) is 125 cm³/mol. The molecule has 0 unspecified atom stereocenters. The molecule has 2 atom stereocenters. The summed E-state index contributed by atoms with van der Waals surface area (Å²) in [6.07, 6.45) is 0. The highest BCUT2D eigenvalue weighted by atomic mass is 35.5. The maximum Gasteiger partial charge on any atom is 0.262 e. The van der Waals surface area contributed by atoms with Gasteiger partial charge in [0.15, 0.2) is 0 Å². The Morgan fingerprint density at radius 3 is 1.91 bits per heavy atom.